The molecule has 0 fully saturated rings. The standard InChI is InChI=1S/C16H35NO3/c1-14(2)17-10-13-20-16(5,6)9-12-19-15(3,4)8-11-18-7/h14,17H,8-13H2,1-7H3. The maximum absolute atomic E-state index is 5.94. The Hall–Kier alpha value is -0.160. The minimum atomic E-state index is -0.143. The zero-order valence-electron chi connectivity index (χ0n) is 14.5. The second-order valence-electron chi connectivity index (χ2n) is 6.82. The lowest BCUT2D eigenvalue weighted by molar-refractivity contribution is -0.0783. The van der Waals surface area contributed by atoms with Gasteiger partial charge in [0.15, 0.2) is 0 Å². The fourth-order valence-electron chi connectivity index (χ4n) is 1.74. The van der Waals surface area contributed by atoms with E-state index >= 15 is 0 Å². The molecule has 0 rings (SSSR count). The zero-order chi connectivity index (χ0) is 15.6. The van der Waals surface area contributed by atoms with E-state index in [4.69, 9.17) is 14.2 Å². The molecule has 0 amide bonds. The van der Waals surface area contributed by atoms with Gasteiger partial charge in [-0.25, -0.2) is 0 Å². The molecule has 0 aliphatic rings. The van der Waals surface area contributed by atoms with Crippen LogP contribution < -0.4 is 5.32 Å². The lowest BCUT2D eigenvalue weighted by Crippen LogP contribution is -2.34. The van der Waals surface area contributed by atoms with E-state index in [0.717, 1.165) is 32.6 Å². The molecule has 0 spiro atoms. The highest BCUT2D eigenvalue weighted by Crippen LogP contribution is 2.19. The molecule has 0 aromatic rings. The molecule has 0 aliphatic carbocycles. The van der Waals surface area contributed by atoms with Gasteiger partial charge in [-0.05, 0) is 40.5 Å². The highest BCUT2D eigenvalue weighted by molar-refractivity contribution is 4.72. The Bertz CT molecular complexity index is 240. The first kappa shape index (κ1) is 19.8. The van der Waals surface area contributed by atoms with Gasteiger partial charge >= 0.3 is 0 Å². The quantitative estimate of drug-likeness (QED) is 0.561. The molecule has 0 aliphatic heterocycles. The predicted molar refractivity (Wildman–Crippen MR) is 84.3 cm³/mol. The van der Waals surface area contributed by atoms with Crippen LogP contribution in [0.2, 0.25) is 0 Å². The Morgan fingerprint density at radius 1 is 0.850 bits per heavy atom. The molecule has 0 unspecified atom stereocenters. The van der Waals surface area contributed by atoms with Crippen LogP contribution in [0.3, 0.4) is 0 Å². The minimum absolute atomic E-state index is 0.134. The summed E-state index contributed by atoms with van der Waals surface area (Å²) in [4.78, 5) is 0. The van der Waals surface area contributed by atoms with Crippen molar-refractivity contribution in [3.05, 3.63) is 0 Å². The Labute approximate surface area is 125 Å². The van der Waals surface area contributed by atoms with Crippen molar-refractivity contribution in [2.45, 2.75) is 71.6 Å². The van der Waals surface area contributed by atoms with Crippen LogP contribution in [0.25, 0.3) is 0 Å². The molecule has 20 heavy (non-hydrogen) atoms. The number of hydrogen-bond donors (Lipinski definition) is 1. The first-order chi connectivity index (χ1) is 9.18. The van der Waals surface area contributed by atoms with Crippen LogP contribution >= 0.6 is 0 Å². The summed E-state index contributed by atoms with van der Waals surface area (Å²) in [5, 5.41) is 3.35. The summed E-state index contributed by atoms with van der Waals surface area (Å²) in [5.74, 6) is 0. The second kappa shape index (κ2) is 9.72. The van der Waals surface area contributed by atoms with E-state index in [1.54, 1.807) is 7.11 Å². The van der Waals surface area contributed by atoms with Crippen LogP contribution in [-0.4, -0.2) is 50.7 Å². The monoisotopic (exact) mass is 289 g/mol. The van der Waals surface area contributed by atoms with Gasteiger partial charge in [0.25, 0.3) is 0 Å². The van der Waals surface area contributed by atoms with Gasteiger partial charge in [-0.3, -0.25) is 0 Å². The first-order valence-electron chi connectivity index (χ1n) is 7.69. The molecular formula is C16H35NO3. The third-order valence-electron chi connectivity index (χ3n) is 3.25. The smallest absolute Gasteiger partial charge is 0.0649 e. The molecule has 4 nitrogen and oxygen atoms in total. The first-order valence-corrected chi connectivity index (χ1v) is 7.69. The molecule has 0 bridgehead atoms. The molecular weight excluding hydrogens is 254 g/mol. The molecule has 0 atom stereocenters. The summed E-state index contributed by atoms with van der Waals surface area (Å²) >= 11 is 0. The van der Waals surface area contributed by atoms with Crippen molar-refractivity contribution in [3.8, 4) is 0 Å². The Balaban J connectivity index is 3.80. The topological polar surface area (TPSA) is 39.7 Å². The molecule has 1 N–H and O–H groups in total. The van der Waals surface area contributed by atoms with E-state index in [1.165, 1.54) is 0 Å². The number of nitrogens with one attached hydrogen (secondary N) is 1. The summed E-state index contributed by atoms with van der Waals surface area (Å²) < 4.78 is 16.9. The summed E-state index contributed by atoms with van der Waals surface area (Å²) in [6.45, 7) is 15.8. The number of rotatable bonds is 12. The predicted octanol–water partition coefficient (Wildman–Crippen LogP) is 3.00. The average molecular weight is 289 g/mol. The molecule has 0 saturated heterocycles. The summed E-state index contributed by atoms with van der Waals surface area (Å²) in [7, 11) is 1.72. The molecule has 0 heterocycles. The van der Waals surface area contributed by atoms with Gasteiger partial charge in [-0.15, -0.1) is 0 Å². The molecule has 4 heteroatoms. The van der Waals surface area contributed by atoms with Crippen molar-refractivity contribution in [2.24, 2.45) is 0 Å². The summed E-state index contributed by atoms with van der Waals surface area (Å²) in [6.07, 6.45) is 1.80. The van der Waals surface area contributed by atoms with Gasteiger partial charge in [0.05, 0.1) is 24.4 Å². The third kappa shape index (κ3) is 11.6. The normalized spacial score (nSPS) is 13.2. The van der Waals surface area contributed by atoms with Crippen molar-refractivity contribution in [1.82, 2.24) is 5.32 Å². The van der Waals surface area contributed by atoms with Gasteiger partial charge in [-0.2, -0.15) is 0 Å². The van der Waals surface area contributed by atoms with Crippen LogP contribution in [-0.2, 0) is 14.2 Å². The Morgan fingerprint density at radius 3 is 1.85 bits per heavy atom. The van der Waals surface area contributed by atoms with Crippen molar-refractivity contribution in [3.63, 3.8) is 0 Å². The molecule has 0 saturated carbocycles. The van der Waals surface area contributed by atoms with Gasteiger partial charge < -0.3 is 19.5 Å². The van der Waals surface area contributed by atoms with Crippen LogP contribution in [0.5, 0.6) is 0 Å². The van der Waals surface area contributed by atoms with Crippen molar-refractivity contribution in [1.29, 1.82) is 0 Å². The SMILES string of the molecule is COCCC(C)(C)OCCC(C)(C)OCCNC(C)C. The van der Waals surface area contributed by atoms with Crippen LogP contribution in [0.4, 0.5) is 0 Å². The van der Waals surface area contributed by atoms with E-state index < -0.39 is 0 Å². The second-order valence-corrected chi connectivity index (χ2v) is 6.82. The fourth-order valence-corrected chi connectivity index (χ4v) is 1.74. The fraction of sp³-hybridized carbons (Fsp3) is 1.00. The summed E-state index contributed by atoms with van der Waals surface area (Å²) in [5.41, 5.74) is -0.277. The van der Waals surface area contributed by atoms with E-state index in [2.05, 4.69) is 46.9 Å². The largest absolute Gasteiger partial charge is 0.385 e. The summed E-state index contributed by atoms with van der Waals surface area (Å²) in [6, 6.07) is 0.506. The van der Waals surface area contributed by atoms with E-state index in [9.17, 15) is 0 Å². The highest BCUT2D eigenvalue weighted by atomic mass is 16.5. The Morgan fingerprint density at radius 2 is 1.35 bits per heavy atom. The molecule has 0 aromatic carbocycles. The lowest BCUT2D eigenvalue weighted by atomic mass is 10.0. The lowest BCUT2D eigenvalue weighted by Gasteiger charge is -2.29. The van der Waals surface area contributed by atoms with E-state index in [0.29, 0.717) is 12.6 Å². The third-order valence-corrected chi connectivity index (χ3v) is 3.25. The minimum Gasteiger partial charge on any atom is -0.385 e. The van der Waals surface area contributed by atoms with Gasteiger partial charge in [0.1, 0.15) is 0 Å². The van der Waals surface area contributed by atoms with Crippen LogP contribution in [0.15, 0.2) is 0 Å². The average Bonchev–Trinajstić information content (AvgIpc) is 2.31. The van der Waals surface area contributed by atoms with Gasteiger partial charge in [0, 0.05) is 26.3 Å². The van der Waals surface area contributed by atoms with Crippen molar-refractivity contribution in [2.75, 3.05) is 33.5 Å². The number of methoxy groups -OCH3 is 1. The zero-order valence-corrected chi connectivity index (χ0v) is 14.5. The Kier molecular flexibility index (Phi) is 9.64. The van der Waals surface area contributed by atoms with Gasteiger partial charge in [-0.1, -0.05) is 13.8 Å². The van der Waals surface area contributed by atoms with E-state index in [1.807, 2.05) is 0 Å². The van der Waals surface area contributed by atoms with Gasteiger partial charge in [0.2, 0.25) is 0 Å². The van der Waals surface area contributed by atoms with Crippen molar-refractivity contribution >= 4 is 0 Å². The van der Waals surface area contributed by atoms with E-state index in [-0.39, 0.29) is 11.2 Å². The van der Waals surface area contributed by atoms with Crippen molar-refractivity contribution < 1.29 is 14.2 Å². The number of hydrogen-bond acceptors (Lipinski definition) is 4. The highest BCUT2D eigenvalue weighted by Gasteiger charge is 2.22. The maximum Gasteiger partial charge on any atom is 0.0649 e. The molecule has 122 valence electrons. The maximum atomic E-state index is 5.94. The van der Waals surface area contributed by atoms with Crippen LogP contribution in [0, 0.1) is 0 Å². The van der Waals surface area contributed by atoms with Crippen LogP contribution in [0.1, 0.15) is 54.4 Å². The molecule has 0 aromatic heterocycles. The molecule has 0 radical (unpaired) electrons. The number of ether oxygens (including phenoxy) is 3.